The maximum Gasteiger partial charge on any atom is 0.0680 e. The van der Waals surface area contributed by atoms with Crippen LogP contribution in [0, 0.1) is 0 Å². The Balaban J connectivity index is 1.25. The van der Waals surface area contributed by atoms with E-state index in [2.05, 4.69) is 185 Å². The summed E-state index contributed by atoms with van der Waals surface area (Å²) in [4.78, 5) is 0.970. The zero-order valence-corrected chi connectivity index (χ0v) is 28.2. The third-order valence-corrected chi connectivity index (χ3v) is 9.90. The number of fused-ring (bicyclic) bond motifs is 3. The second-order valence-corrected chi connectivity index (χ2v) is 12.8. The number of para-hydroxylation sites is 1. The van der Waals surface area contributed by atoms with Crippen molar-refractivity contribution in [3.05, 3.63) is 187 Å². The highest BCUT2D eigenvalue weighted by Gasteiger charge is 2.20. The SMILES string of the molecule is CNc1ccccc1C(NCc1cccc(-n2c3ccc(-c4ccccc4)cc3c3ccc(-c4ccccc4)c(S)c32)c1)c1ccccc1. The van der Waals surface area contributed by atoms with Crippen LogP contribution in [-0.4, -0.2) is 11.6 Å². The molecule has 0 fully saturated rings. The molecular formula is C45H37N3S. The van der Waals surface area contributed by atoms with Crippen LogP contribution in [-0.2, 0) is 6.54 Å². The molecule has 8 aromatic rings. The van der Waals surface area contributed by atoms with Crippen LogP contribution in [0.2, 0.25) is 0 Å². The lowest BCUT2D eigenvalue weighted by atomic mass is 9.96. The monoisotopic (exact) mass is 651 g/mol. The van der Waals surface area contributed by atoms with Gasteiger partial charge in [0.1, 0.15) is 0 Å². The van der Waals surface area contributed by atoms with Crippen molar-refractivity contribution in [2.75, 3.05) is 12.4 Å². The van der Waals surface area contributed by atoms with E-state index in [0.717, 1.165) is 38.4 Å². The molecule has 7 aromatic carbocycles. The molecule has 4 heteroatoms. The van der Waals surface area contributed by atoms with E-state index in [-0.39, 0.29) is 6.04 Å². The first kappa shape index (κ1) is 30.8. The molecule has 0 spiro atoms. The minimum absolute atomic E-state index is 0.0237. The molecular weight excluding hydrogens is 615 g/mol. The van der Waals surface area contributed by atoms with Crippen molar-refractivity contribution in [1.82, 2.24) is 9.88 Å². The highest BCUT2D eigenvalue weighted by atomic mass is 32.1. The summed E-state index contributed by atoms with van der Waals surface area (Å²) in [6, 6.07) is 60.6. The van der Waals surface area contributed by atoms with E-state index in [1.54, 1.807) is 0 Å². The number of nitrogens with zero attached hydrogens (tertiary/aromatic N) is 1. The summed E-state index contributed by atoms with van der Waals surface area (Å²) >= 11 is 5.26. The van der Waals surface area contributed by atoms with Crippen LogP contribution < -0.4 is 10.6 Å². The van der Waals surface area contributed by atoms with Gasteiger partial charge in [-0.25, -0.2) is 0 Å². The van der Waals surface area contributed by atoms with Crippen LogP contribution in [0.1, 0.15) is 22.7 Å². The van der Waals surface area contributed by atoms with Crippen molar-refractivity contribution in [1.29, 1.82) is 0 Å². The molecule has 0 saturated heterocycles. The molecule has 0 saturated carbocycles. The van der Waals surface area contributed by atoms with Crippen molar-refractivity contribution in [2.24, 2.45) is 0 Å². The van der Waals surface area contributed by atoms with Crippen LogP contribution >= 0.6 is 12.6 Å². The summed E-state index contributed by atoms with van der Waals surface area (Å²) in [7, 11) is 1.98. The number of rotatable bonds is 9. The van der Waals surface area contributed by atoms with Gasteiger partial charge in [-0.05, 0) is 69.3 Å². The van der Waals surface area contributed by atoms with E-state index in [9.17, 15) is 0 Å². The van der Waals surface area contributed by atoms with Gasteiger partial charge in [-0.2, -0.15) is 0 Å². The molecule has 1 unspecified atom stereocenters. The van der Waals surface area contributed by atoms with Gasteiger partial charge in [0.25, 0.3) is 0 Å². The molecule has 0 amide bonds. The molecule has 1 aromatic heterocycles. The molecule has 1 heterocycles. The maximum atomic E-state index is 5.26. The Bertz CT molecular complexity index is 2380. The number of aromatic nitrogens is 1. The summed E-state index contributed by atoms with van der Waals surface area (Å²) < 4.78 is 2.39. The number of hydrogen-bond donors (Lipinski definition) is 3. The van der Waals surface area contributed by atoms with E-state index in [0.29, 0.717) is 6.54 Å². The second kappa shape index (κ2) is 13.5. The molecule has 2 N–H and O–H groups in total. The van der Waals surface area contributed by atoms with Gasteiger partial charge in [-0.1, -0.05) is 140 Å². The van der Waals surface area contributed by atoms with Crippen LogP contribution in [0.5, 0.6) is 0 Å². The molecule has 0 aliphatic heterocycles. The van der Waals surface area contributed by atoms with Gasteiger partial charge >= 0.3 is 0 Å². The molecule has 0 bridgehead atoms. The Labute approximate surface area is 293 Å². The van der Waals surface area contributed by atoms with Gasteiger partial charge < -0.3 is 15.2 Å². The van der Waals surface area contributed by atoms with E-state index in [4.69, 9.17) is 12.6 Å². The summed E-state index contributed by atoms with van der Waals surface area (Å²) in [6.07, 6.45) is 0. The predicted molar refractivity (Wildman–Crippen MR) is 210 cm³/mol. The normalized spacial score (nSPS) is 12.0. The van der Waals surface area contributed by atoms with E-state index in [1.165, 1.54) is 38.6 Å². The molecule has 0 radical (unpaired) electrons. The summed E-state index contributed by atoms with van der Waals surface area (Å²) in [5, 5.41) is 9.68. The van der Waals surface area contributed by atoms with Crippen LogP contribution in [0.15, 0.2) is 175 Å². The molecule has 3 nitrogen and oxygen atoms in total. The molecule has 1 atom stereocenters. The quantitative estimate of drug-likeness (QED) is 0.136. The van der Waals surface area contributed by atoms with Gasteiger partial charge in [0.15, 0.2) is 0 Å². The van der Waals surface area contributed by atoms with E-state index >= 15 is 0 Å². The van der Waals surface area contributed by atoms with Gasteiger partial charge in [0, 0.05) is 40.6 Å². The standard InChI is InChI=1S/C45H37N3S/c1-46-41-23-12-11-22-39(41)43(34-19-9-4-10-20-34)47-30-31-14-13-21-36(28-31)48-42-27-24-35(32-15-5-2-6-16-32)29-40(42)38-26-25-37(45(49)44(38)48)33-17-7-3-8-18-33/h2-29,43,46-47,49H,30H2,1H3. The maximum absolute atomic E-state index is 5.26. The lowest BCUT2D eigenvalue weighted by molar-refractivity contribution is 0.606. The number of benzene rings is 7. The molecule has 8 rings (SSSR count). The third kappa shape index (κ3) is 5.91. The van der Waals surface area contributed by atoms with E-state index < -0.39 is 0 Å². The first-order valence-electron chi connectivity index (χ1n) is 16.7. The fraction of sp³-hybridized carbons (Fsp3) is 0.0667. The molecule has 238 valence electrons. The lowest BCUT2D eigenvalue weighted by Gasteiger charge is -2.23. The number of thiol groups is 1. The Morgan fingerprint density at radius 1 is 0.592 bits per heavy atom. The highest BCUT2D eigenvalue weighted by Crippen LogP contribution is 2.41. The van der Waals surface area contributed by atoms with E-state index in [1.807, 2.05) is 7.05 Å². The summed E-state index contributed by atoms with van der Waals surface area (Å²) in [5.74, 6) is 0. The van der Waals surface area contributed by atoms with Crippen LogP contribution in [0.4, 0.5) is 5.69 Å². The van der Waals surface area contributed by atoms with Crippen molar-refractivity contribution in [2.45, 2.75) is 17.5 Å². The minimum Gasteiger partial charge on any atom is -0.388 e. The molecule has 49 heavy (non-hydrogen) atoms. The first-order valence-corrected chi connectivity index (χ1v) is 17.2. The van der Waals surface area contributed by atoms with Crippen LogP contribution in [0.25, 0.3) is 49.7 Å². The molecule has 0 aliphatic rings. The number of anilines is 1. The van der Waals surface area contributed by atoms with Gasteiger partial charge in [0.05, 0.1) is 17.1 Å². The predicted octanol–water partition coefficient (Wildman–Crippen LogP) is 11.3. The smallest absolute Gasteiger partial charge is 0.0680 e. The Kier molecular flexibility index (Phi) is 8.49. The van der Waals surface area contributed by atoms with Crippen molar-refractivity contribution >= 4 is 40.1 Å². The van der Waals surface area contributed by atoms with Crippen molar-refractivity contribution in [3.63, 3.8) is 0 Å². The zero-order chi connectivity index (χ0) is 33.2. The summed E-state index contributed by atoms with van der Waals surface area (Å²) in [5.41, 5.74) is 12.8. The Hall–Kier alpha value is -5.55. The first-order chi connectivity index (χ1) is 24.2. The minimum atomic E-state index is 0.0237. The van der Waals surface area contributed by atoms with Gasteiger partial charge in [0.2, 0.25) is 0 Å². The average Bonchev–Trinajstić information content (AvgIpc) is 3.51. The largest absolute Gasteiger partial charge is 0.388 e. The Morgan fingerprint density at radius 3 is 2.04 bits per heavy atom. The van der Waals surface area contributed by atoms with Crippen molar-refractivity contribution in [3.8, 4) is 27.9 Å². The number of hydrogen-bond acceptors (Lipinski definition) is 3. The molecule has 0 aliphatic carbocycles. The lowest BCUT2D eigenvalue weighted by Crippen LogP contribution is -2.23. The highest BCUT2D eigenvalue weighted by molar-refractivity contribution is 7.80. The van der Waals surface area contributed by atoms with Gasteiger partial charge in [-0.15, -0.1) is 12.6 Å². The zero-order valence-electron chi connectivity index (χ0n) is 27.3. The second-order valence-electron chi connectivity index (χ2n) is 12.4. The topological polar surface area (TPSA) is 29.0 Å². The Morgan fingerprint density at radius 2 is 1.29 bits per heavy atom. The fourth-order valence-electron chi connectivity index (χ4n) is 7.07. The van der Waals surface area contributed by atoms with Crippen molar-refractivity contribution < 1.29 is 0 Å². The van der Waals surface area contributed by atoms with Gasteiger partial charge in [-0.3, -0.25) is 0 Å². The third-order valence-electron chi connectivity index (χ3n) is 9.45. The summed E-state index contributed by atoms with van der Waals surface area (Å²) in [6.45, 7) is 0.698. The van der Waals surface area contributed by atoms with Crippen LogP contribution in [0.3, 0.4) is 0 Å². The average molecular weight is 652 g/mol. The number of nitrogens with one attached hydrogen (secondary N) is 2. The fourth-order valence-corrected chi connectivity index (χ4v) is 7.50.